The summed E-state index contributed by atoms with van der Waals surface area (Å²) in [5, 5.41) is 23.7. The van der Waals surface area contributed by atoms with E-state index in [9.17, 15) is 10.1 Å². The third-order valence-electron chi connectivity index (χ3n) is 9.37. The molecule has 51 heavy (non-hydrogen) atoms. The Balaban J connectivity index is 0.967. The summed E-state index contributed by atoms with van der Waals surface area (Å²) in [6.45, 7) is 7.74. The van der Waals surface area contributed by atoms with Crippen molar-refractivity contribution in [2.24, 2.45) is 0 Å². The lowest BCUT2D eigenvalue weighted by molar-refractivity contribution is -0.192. The van der Waals surface area contributed by atoms with Crippen molar-refractivity contribution >= 4 is 34.6 Å². The summed E-state index contributed by atoms with van der Waals surface area (Å²) < 4.78 is 21.9. The number of piperazine rings is 1. The Bertz CT molecular complexity index is 2070. The van der Waals surface area contributed by atoms with Gasteiger partial charge < -0.3 is 24.0 Å². The normalized spacial score (nSPS) is 19.6. The van der Waals surface area contributed by atoms with Gasteiger partial charge in [-0.2, -0.15) is 25.4 Å². The largest absolute Gasteiger partial charge is 0.489 e. The summed E-state index contributed by atoms with van der Waals surface area (Å²) in [6, 6.07) is 21.1. The van der Waals surface area contributed by atoms with Gasteiger partial charge in [-0.1, -0.05) is 36.2 Å². The van der Waals surface area contributed by atoms with Gasteiger partial charge in [-0.15, -0.1) is 0 Å². The molecule has 13 nitrogen and oxygen atoms in total. The first kappa shape index (κ1) is 34.6. The summed E-state index contributed by atoms with van der Waals surface area (Å²) in [6.07, 6.45) is 5.12. The number of hydrogen-bond acceptors (Lipinski definition) is 10. The molecule has 0 saturated carbocycles. The van der Waals surface area contributed by atoms with Crippen LogP contribution in [0.1, 0.15) is 37.4 Å². The maximum absolute atomic E-state index is 12.8. The average Bonchev–Trinajstić information content (AvgIpc) is 3.91. The summed E-state index contributed by atoms with van der Waals surface area (Å²) >= 11 is 12.7. The monoisotopic (exact) mass is 729 g/mol. The van der Waals surface area contributed by atoms with Crippen molar-refractivity contribution in [2.45, 2.75) is 44.7 Å². The fourth-order valence-corrected chi connectivity index (χ4v) is 6.94. The summed E-state index contributed by atoms with van der Waals surface area (Å²) in [7, 11) is 0. The van der Waals surface area contributed by atoms with Gasteiger partial charge in [-0.05, 0) is 67.9 Å². The van der Waals surface area contributed by atoms with E-state index in [-0.39, 0.29) is 31.5 Å². The smallest absolute Gasteiger partial charge is 0.350 e. The standard InChI is InChI=1S/C36H37Cl2N9O4/c1-3-25(2)47-35(48)45(24-42-47)29-7-5-28(6-8-29)43-14-16-44(17-15-43)30-9-11-34(26(18-30)20-39)49-21-31-22-50-36(51-31,23-46-40-12-13-41-46)32-10-4-27(37)19-33(32)38/h4-13,18-19,24-25,31H,3,14-17,21-23H2,1-2H3/t25?,31-,36-/m1/s1. The second-order valence-electron chi connectivity index (χ2n) is 12.6. The maximum Gasteiger partial charge on any atom is 0.350 e. The van der Waals surface area contributed by atoms with Crippen LogP contribution in [0.15, 0.2) is 84.2 Å². The number of rotatable bonds is 11. The van der Waals surface area contributed by atoms with Crippen LogP contribution in [0.5, 0.6) is 5.75 Å². The molecule has 2 aliphatic rings. The second-order valence-corrected chi connectivity index (χ2v) is 13.4. The SMILES string of the molecule is CCC(C)n1ncn(-c2ccc(N3CCN(c4ccc(OC[C@@H]5CO[C@@](Cn6nccn6)(c6ccc(Cl)cc6Cl)O5)c(C#N)c4)CC3)cc2)c1=O. The molecule has 0 amide bonds. The number of aromatic nitrogens is 6. The molecule has 5 aromatic rings. The van der Waals surface area contributed by atoms with Crippen molar-refractivity contribution in [3.8, 4) is 17.5 Å². The van der Waals surface area contributed by atoms with E-state index in [1.165, 1.54) is 9.48 Å². The van der Waals surface area contributed by atoms with Gasteiger partial charge in [0.05, 0.1) is 41.3 Å². The van der Waals surface area contributed by atoms with Crippen molar-refractivity contribution in [1.29, 1.82) is 5.26 Å². The van der Waals surface area contributed by atoms with Gasteiger partial charge in [0.25, 0.3) is 0 Å². The van der Waals surface area contributed by atoms with E-state index in [4.69, 9.17) is 37.4 Å². The van der Waals surface area contributed by atoms with Crippen LogP contribution >= 0.6 is 23.2 Å². The van der Waals surface area contributed by atoms with Gasteiger partial charge in [0.2, 0.25) is 5.79 Å². The lowest BCUT2D eigenvalue weighted by Gasteiger charge is -2.37. The molecule has 7 rings (SSSR count). The lowest BCUT2D eigenvalue weighted by atomic mass is 10.1. The second kappa shape index (κ2) is 14.8. The molecule has 3 aromatic carbocycles. The zero-order chi connectivity index (χ0) is 35.5. The topological polar surface area (TPSA) is 128 Å². The zero-order valence-electron chi connectivity index (χ0n) is 28.2. The van der Waals surface area contributed by atoms with E-state index >= 15 is 0 Å². The van der Waals surface area contributed by atoms with E-state index < -0.39 is 11.9 Å². The molecule has 0 radical (unpaired) electrons. The molecule has 1 unspecified atom stereocenters. The number of nitrogens with zero attached hydrogens (tertiary/aromatic N) is 9. The zero-order valence-corrected chi connectivity index (χ0v) is 29.7. The summed E-state index contributed by atoms with van der Waals surface area (Å²) in [4.78, 5) is 18.9. The van der Waals surface area contributed by atoms with E-state index in [2.05, 4.69) is 31.2 Å². The molecular formula is C36H37Cl2N9O4. The first-order valence-corrected chi connectivity index (χ1v) is 17.6. The average molecular weight is 731 g/mol. The van der Waals surface area contributed by atoms with E-state index in [0.29, 0.717) is 26.9 Å². The first-order chi connectivity index (χ1) is 24.8. The molecule has 0 aliphatic carbocycles. The number of ether oxygens (including phenoxy) is 3. The third kappa shape index (κ3) is 7.18. The van der Waals surface area contributed by atoms with Crippen molar-refractivity contribution in [3.05, 3.63) is 111 Å². The van der Waals surface area contributed by atoms with Crippen molar-refractivity contribution in [3.63, 3.8) is 0 Å². The molecular weight excluding hydrogens is 693 g/mol. The van der Waals surface area contributed by atoms with Crippen molar-refractivity contribution in [1.82, 2.24) is 29.3 Å². The Morgan fingerprint density at radius 2 is 1.65 bits per heavy atom. The molecule has 2 fully saturated rings. The lowest BCUT2D eigenvalue weighted by Crippen LogP contribution is -2.46. The van der Waals surface area contributed by atoms with Crippen molar-refractivity contribution in [2.75, 3.05) is 49.2 Å². The minimum absolute atomic E-state index is 0.0451. The van der Waals surface area contributed by atoms with Crippen LogP contribution in [0, 0.1) is 11.3 Å². The van der Waals surface area contributed by atoms with Gasteiger partial charge in [0, 0.05) is 48.1 Å². The van der Waals surface area contributed by atoms with Crippen LogP contribution < -0.4 is 20.2 Å². The van der Waals surface area contributed by atoms with E-state index in [0.717, 1.165) is 49.7 Å². The van der Waals surface area contributed by atoms with Crippen LogP contribution in [0.3, 0.4) is 0 Å². The van der Waals surface area contributed by atoms with Crippen LogP contribution in [-0.4, -0.2) is 74.8 Å². The molecule has 3 atom stereocenters. The predicted molar refractivity (Wildman–Crippen MR) is 193 cm³/mol. The van der Waals surface area contributed by atoms with Crippen LogP contribution in [-0.2, 0) is 21.8 Å². The molecule has 264 valence electrons. The molecule has 2 aliphatic heterocycles. The van der Waals surface area contributed by atoms with E-state index in [1.807, 2.05) is 56.3 Å². The summed E-state index contributed by atoms with van der Waals surface area (Å²) in [5.41, 5.74) is 3.73. The minimum atomic E-state index is -1.25. The molecule has 2 saturated heterocycles. The highest BCUT2D eigenvalue weighted by Crippen LogP contribution is 2.40. The van der Waals surface area contributed by atoms with E-state index in [1.54, 1.807) is 41.5 Å². The summed E-state index contributed by atoms with van der Waals surface area (Å²) in [5.74, 6) is -0.786. The number of nitriles is 1. The van der Waals surface area contributed by atoms with Crippen LogP contribution in [0.4, 0.5) is 11.4 Å². The maximum atomic E-state index is 12.8. The Labute approximate surface area is 305 Å². The Morgan fingerprint density at radius 3 is 2.33 bits per heavy atom. The highest BCUT2D eigenvalue weighted by molar-refractivity contribution is 6.35. The van der Waals surface area contributed by atoms with Gasteiger partial charge in [-0.3, -0.25) is 0 Å². The minimum Gasteiger partial charge on any atom is -0.489 e. The molecule has 0 spiro atoms. The first-order valence-electron chi connectivity index (χ1n) is 16.8. The molecule has 4 heterocycles. The molecule has 15 heteroatoms. The highest BCUT2D eigenvalue weighted by Gasteiger charge is 2.46. The number of hydrogen-bond donors (Lipinski definition) is 0. The Morgan fingerprint density at radius 1 is 0.961 bits per heavy atom. The third-order valence-corrected chi connectivity index (χ3v) is 9.91. The van der Waals surface area contributed by atoms with Crippen molar-refractivity contribution < 1.29 is 14.2 Å². The fraction of sp³-hybridized carbons (Fsp3) is 0.361. The number of benzene rings is 3. The molecule has 0 N–H and O–H groups in total. The van der Waals surface area contributed by atoms with Gasteiger partial charge in [0.15, 0.2) is 0 Å². The fourth-order valence-electron chi connectivity index (χ4n) is 6.39. The number of anilines is 2. The Kier molecular flexibility index (Phi) is 10.0. The van der Waals surface area contributed by atoms with Crippen LogP contribution in [0.25, 0.3) is 5.69 Å². The molecule has 2 aromatic heterocycles. The highest BCUT2D eigenvalue weighted by atomic mass is 35.5. The van der Waals surface area contributed by atoms with Gasteiger partial charge >= 0.3 is 5.69 Å². The van der Waals surface area contributed by atoms with Crippen LogP contribution in [0.2, 0.25) is 10.0 Å². The quantitative estimate of drug-likeness (QED) is 0.173. The van der Waals surface area contributed by atoms with Gasteiger partial charge in [0.1, 0.15) is 37.4 Å². The predicted octanol–water partition coefficient (Wildman–Crippen LogP) is 5.45. The number of halogens is 2. The Hall–Kier alpha value is -4.87. The molecule has 0 bridgehead atoms. The van der Waals surface area contributed by atoms with Gasteiger partial charge in [-0.25, -0.2) is 14.0 Å².